The van der Waals surface area contributed by atoms with E-state index in [9.17, 15) is 9.59 Å². The monoisotopic (exact) mass is 359 g/mol. The number of hydrogen-bond acceptors (Lipinski definition) is 3. The molecular weight excluding hydrogens is 326 g/mol. The summed E-state index contributed by atoms with van der Waals surface area (Å²) >= 11 is 0. The number of amides is 2. The number of carbonyl (C=O) groups excluding carboxylic acids is 2. The normalized spacial score (nSPS) is 16.4. The average Bonchev–Trinajstić information content (AvgIpc) is 2.64. The summed E-state index contributed by atoms with van der Waals surface area (Å²) in [6, 6.07) is 5.90. The van der Waals surface area contributed by atoms with E-state index in [0.29, 0.717) is 6.04 Å². The minimum absolute atomic E-state index is 0.0961. The van der Waals surface area contributed by atoms with Crippen LogP contribution in [0.2, 0.25) is 0 Å². The molecular formula is C21H33N3O2. The number of carbonyl (C=O) groups is 2. The van der Waals surface area contributed by atoms with Crippen LogP contribution in [0.3, 0.4) is 0 Å². The van der Waals surface area contributed by atoms with Gasteiger partial charge in [-0.1, -0.05) is 31.4 Å². The van der Waals surface area contributed by atoms with Gasteiger partial charge in [0.25, 0.3) is 0 Å². The van der Waals surface area contributed by atoms with Gasteiger partial charge in [0.2, 0.25) is 11.8 Å². The molecule has 0 spiro atoms. The maximum Gasteiger partial charge on any atom is 0.239 e. The van der Waals surface area contributed by atoms with Crippen molar-refractivity contribution in [2.75, 3.05) is 26.0 Å². The quantitative estimate of drug-likeness (QED) is 0.847. The fourth-order valence-electron chi connectivity index (χ4n) is 3.57. The number of aryl methyl sites for hydroxylation is 1. The van der Waals surface area contributed by atoms with Gasteiger partial charge in [-0.2, -0.15) is 0 Å². The largest absolute Gasteiger partial charge is 0.341 e. The number of benzene rings is 1. The summed E-state index contributed by atoms with van der Waals surface area (Å²) in [4.78, 5) is 28.9. The van der Waals surface area contributed by atoms with Crippen molar-refractivity contribution in [2.45, 2.75) is 65.0 Å². The van der Waals surface area contributed by atoms with Crippen molar-refractivity contribution in [3.05, 3.63) is 29.3 Å². The second kappa shape index (κ2) is 9.17. The summed E-state index contributed by atoms with van der Waals surface area (Å²) < 4.78 is 0. The zero-order chi connectivity index (χ0) is 19.3. The van der Waals surface area contributed by atoms with Gasteiger partial charge in [0.1, 0.15) is 0 Å². The summed E-state index contributed by atoms with van der Waals surface area (Å²) in [7, 11) is 3.73. The first-order valence-electron chi connectivity index (χ1n) is 9.64. The third-order valence-corrected chi connectivity index (χ3v) is 5.76. The highest BCUT2D eigenvalue weighted by atomic mass is 16.2. The summed E-state index contributed by atoms with van der Waals surface area (Å²) in [6.45, 7) is 6.10. The van der Waals surface area contributed by atoms with Crippen molar-refractivity contribution in [3.63, 3.8) is 0 Å². The maximum absolute atomic E-state index is 12.8. The molecule has 2 amide bonds. The first-order chi connectivity index (χ1) is 12.3. The molecule has 0 heterocycles. The summed E-state index contributed by atoms with van der Waals surface area (Å²) in [5, 5.41) is 2.96. The molecule has 0 aliphatic heterocycles. The topological polar surface area (TPSA) is 52.7 Å². The molecule has 1 atom stereocenters. The lowest BCUT2D eigenvalue weighted by Crippen LogP contribution is -2.49. The van der Waals surface area contributed by atoms with Gasteiger partial charge in [-0.3, -0.25) is 14.5 Å². The van der Waals surface area contributed by atoms with Gasteiger partial charge in [-0.05, 0) is 57.9 Å². The number of nitrogens with zero attached hydrogens (tertiary/aromatic N) is 2. The Morgan fingerprint density at radius 1 is 1.15 bits per heavy atom. The molecule has 1 saturated carbocycles. The van der Waals surface area contributed by atoms with Gasteiger partial charge >= 0.3 is 0 Å². The second-order valence-electron chi connectivity index (χ2n) is 7.63. The fraction of sp³-hybridized carbons (Fsp3) is 0.619. The van der Waals surface area contributed by atoms with Crippen LogP contribution in [0.1, 0.15) is 50.2 Å². The molecule has 1 unspecified atom stereocenters. The molecule has 1 aliphatic rings. The van der Waals surface area contributed by atoms with Crippen LogP contribution in [0.25, 0.3) is 0 Å². The highest BCUT2D eigenvalue weighted by molar-refractivity contribution is 5.93. The lowest BCUT2D eigenvalue weighted by atomic mass is 9.94. The molecule has 5 heteroatoms. The van der Waals surface area contributed by atoms with Crippen molar-refractivity contribution in [1.29, 1.82) is 0 Å². The van der Waals surface area contributed by atoms with Gasteiger partial charge in [0.05, 0.1) is 12.6 Å². The zero-order valence-electron chi connectivity index (χ0n) is 16.8. The number of nitrogens with one attached hydrogen (secondary N) is 1. The SMILES string of the molecule is Cc1cccc(NC(=O)CN(C)C(C)C(=O)N(C)C2CCCCC2)c1C. The Morgan fingerprint density at radius 3 is 2.46 bits per heavy atom. The van der Waals surface area contributed by atoms with E-state index in [1.807, 2.05) is 62.9 Å². The van der Waals surface area contributed by atoms with Crippen molar-refractivity contribution >= 4 is 17.5 Å². The molecule has 0 radical (unpaired) electrons. The molecule has 26 heavy (non-hydrogen) atoms. The number of hydrogen-bond donors (Lipinski definition) is 1. The van der Waals surface area contributed by atoms with Crippen molar-refractivity contribution in [1.82, 2.24) is 9.80 Å². The van der Waals surface area contributed by atoms with Gasteiger partial charge in [-0.25, -0.2) is 0 Å². The molecule has 0 saturated heterocycles. The average molecular weight is 360 g/mol. The minimum atomic E-state index is -0.314. The van der Waals surface area contributed by atoms with Crippen molar-refractivity contribution in [3.8, 4) is 0 Å². The Morgan fingerprint density at radius 2 is 1.81 bits per heavy atom. The lowest BCUT2D eigenvalue weighted by molar-refractivity contribution is -0.137. The van der Waals surface area contributed by atoms with Crippen LogP contribution in [0.4, 0.5) is 5.69 Å². The van der Waals surface area contributed by atoms with Crippen LogP contribution in [-0.4, -0.2) is 54.3 Å². The number of rotatable bonds is 6. The van der Waals surface area contributed by atoms with Crippen LogP contribution in [-0.2, 0) is 9.59 Å². The molecule has 0 bridgehead atoms. The van der Waals surface area contributed by atoms with E-state index in [0.717, 1.165) is 29.7 Å². The Hall–Kier alpha value is -1.88. The summed E-state index contributed by atoms with van der Waals surface area (Å²) in [5.74, 6) is 0.0000977. The van der Waals surface area contributed by atoms with E-state index in [2.05, 4.69) is 5.32 Å². The summed E-state index contributed by atoms with van der Waals surface area (Å²) in [6.07, 6.45) is 5.85. The molecule has 0 aromatic heterocycles. The highest BCUT2D eigenvalue weighted by Crippen LogP contribution is 2.22. The molecule has 1 N–H and O–H groups in total. The van der Waals surface area contributed by atoms with Crippen molar-refractivity contribution < 1.29 is 9.59 Å². The predicted molar refractivity (Wildman–Crippen MR) is 106 cm³/mol. The minimum Gasteiger partial charge on any atom is -0.341 e. The summed E-state index contributed by atoms with van der Waals surface area (Å²) in [5.41, 5.74) is 3.06. The number of likely N-dealkylation sites (N-methyl/N-ethyl adjacent to an activating group) is 2. The first kappa shape index (κ1) is 20.4. The molecule has 1 aliphatic carbocycles. The van der Waals surface area contributed by atoms with Crippen LogP contribution in [0, 0.1) is 13.8 Å². The maximum atomic E-state index is 12.8. The van der Waals surface area contributed by atoms with E-state index in [1.165, 1.54) is 19.3 Å². The second-order valence-corrected chi connectivity index (χ2v) is 7.63. The molecule has 1 aromatic carbocycles. The highest BCUT2D eigenvalue weighted by Gasteiger charge is 2.28. The van der Waals surface area contributed by atoms with E-state index < -0.39 is 0 Å². The third-order valence-electron chi connectivity index (χ3n) is 5.76. The van der Waals surface area contributed by atoms with Crippen LogP contribution < -0.4 is 5.32 Å². The van der Waals surface area contributed by atoms with Gasteiger partial charge in [-0.15, -0.1) is 0 Å². The Labute approximate surface area is 157 Å². The van der Waals surface area contributed by atoms with Crippen LogP contribution in [0.15, 0.2) is 18.2 Å². The van der Waals surface area contributed by atoms with Gasteiger partial charge in [0.15, 0.2) is 0 Å². The molecule has 5 nitrogen and oxygen atoms in total. The molecule has 144 valence electrons. The van der Waals surface area contributed by atoms with E-state index >= 15 is 0 Å². The predicted octanol–water partition coefficient (Wildman–Crippen LogP) is 3.35. The fourth-order valence-corrected chi connectivity index (χ4v) is 3.57. The van der Waals surface area contributed by atoms with Crippen LogP contribution >= 0.6 is 0 Å². The van der Waals surface area contributed by atoms with Gasteiger partial charge in [0, 0.05) is 18.8 Å². The third kappa shape index (κ3) is 5.07. The number of anilines is 1. The van der Waals surface area contributed by atoms with Gasteiger partial charge < -0.3 is 10.2 Å². The first-order valence-corrected chi connectivity index (χ1v) is 9.64. The Balaban J connectivity index is 1.90. The Bertz CT molecular complexity index is 638. The smallest absolute Gasteiger partial charge is 0.239 e. The molecule has 1 fully saturated rings. The standard InChI is InChI=1S/C21H33N3O2/c1-15-10-9-13-19(16(15)2)22-20(25)14-23(4)17(3)21(26)24(5)18-11-7-6-8-12-18/h9-10,13,17-18H,6-8,11-12,14H2,1-5H3,(H,22,25). The zero-order valence-corrected chi connectivity index (χ0v) is 16.8. The van der Waals surface area contributed by atoms with E-state index in [1.54, 1.807) is 0 Å². The van der Waals surface area contributed by atoms with Crippen LogP contribution in [0.5, 0.6) is 0 Å². The molecule has 1 aromatic rings. The van der Waals surface area contributed by atoms with Crippen molar-refractivity contribution in [2.24, 2.45) is 0 Å². The van der Waals surface area contributed by atoms with E-state index in [4.69, 9.17) is 0 Å². The Kier molecular flexibility index (Phi) is 7.21. The van der Waals surface area contributed by atoms with E-state index in [-0.39, 0.29) is 24.4 Å². The molecule has 2 rings (SSSR count). The lowest BCUT2D eigenvalue weighted by Gasteiger charge is -2.35.